The molecule has 1 fully saturated rings. The Balaban J connectivity index is 1.97. The first-order chi connectivity index (χ1) is 4.29. The lowest BCUT2D eigenvalue weighted by Gasteiger charge is -2.23. The van der Waals surface area contributed by atoms with Gasteiger partial charge in [-0.3, -0.25) is 4.79 Å². The number of rotatable bonds is 3. The topological polar surface area (TPSA) is 37.3 Å². The summed E-state index contributed by atoms with van der Waals surface area (Å²) >= 11 is 1.57. The van der Waals surface area contributed by atoms with E-state index < -0.39 is 5.97 Å². The quantitative estimate of drug-likeness (QED) is 0.653. The summed E-state index contributed by atoms with van der Waals surface area (Å²) in [5.74, 6) is -0.406. The first-order valence-electron chi connectivity index (χ1n) is 3.12. The minimum Gasteiger partial charge on any atom is -0.481 e. The van der Waals surface area contributed by atoms with Gasteiger partial charge in [0, 0.05) is 5.25 Å². The van der Waals surface area contributed by atoms with Crippen LogP contribution in [0.2, 0.25) is 0 Å². The van der Waals surface area contributed by atoms with Gasteiger partial charge in [-0.05, 0) is 12.8 Å². The SMILES string of the molecule is O=C(O)CSC1CCC1. The molecule has 0 saturated heterocycles. The molecule has 0 bridgehead atoms. The average Bonchev–Trinajstić information content (AvgIpc) is 1.60. The number of hydrogen-bond donors (Lipinski definition) is 1. The summed E-state index contributed by atoms with van der Waals surface area (Å²) in [6.07, 6.45) is 3.73. The van der Waals surface area contributed by atoms with E-state index in [9.17, 15) is 4.79 Å². The molecule has 1 aliphatic rings. The van der Waals surface area contributed by atoms with Gasteiger partial charge in [-0.2, -0.15) is 0 Å². The molecule has 0 amide bonds. The Morgan fingerprint density at radius 1 is 1.67 bits per heavy atom. The van der Waals surface area contributed by atoms with Crippen molar-refractivity contribution in [1.82, 2.24) is 0 Å². The zero-order chi connectivity index (χ0) is 6.69. The van der Waals surface area contributed by atoms with Crippen molar-refractivity contribution in [3.8, 4) is 0 Å². The highest BCUT2D eigenvalue weighted by molar-refractivity contribution is 8.00. The van der Waals surface area contributed by atoms with Crippen LogP contribution in [0, 0.1) is 0 Å². The highest BCUT2D eigenvalue weighted by atomic mass is 32.2. The smallest absolute Gasteiger partial charge is 0.313 e. The Labute approximate surface area is 58.6 Å². The lowest BCUT2D eigenvalue weighted by atomic mass is 10.0. The molecular weight excluding hydrogens is 136 g/mol. The van der Waals surface area contributed by atoms with Crippen molar-refractivity contribution < 1.29 is 9.90 Å². The molecule has 1 aliphatic carbocycles. The van der Waals surface area contributed by atoms with Crippen LogP contribution in [0.25, 0.3) is 0 Å². The lowest BCUT2D eigenvalue weighted by molar-refractivity contribution is -0.133. The molecule has 2 nitrogen and oxygen atoms in total. The van der Waals surface area contributed by atoms with Crippen molar-refractivity contribution in [3.63, 3.8) is 0 Å². The van der Waals surface area contributed by atoms with Gasteiger partial charge >= 0.3 is 5.97 Å². The van der Waals surface area contributed by atoms with Crippen LogP contribution in [-0.2, 0) is 4.79 Å². The number of thioether (sulfide) groups is 1. The third-order valence-electron chi connectivity index (χ3n) is 1.49. The van der Waals surface area contributed by atoms with Crippen molar-refractivity contribution in [1.29, 1.82) is 0 Å². The Kier molecular flexibility index (Phi) is 2.39. The molecule has 0 aromatic carbocycles. The third-order valence-corrected chi connectivity index (χ3v) is 2.85. The number of carboxylic acid groups (broad SMARTS) is 1. The monoisotopic (exact) mass is 146 g/mol. The normalized spacial score (nSPS) is 19.1. The number of hydrogen-bond acceptors (Lipinski definition) is 2. The van der Waals surface area contributed by atoms with E-state index in [1.807, 2.05) is 0 Å². The van der Waals surface area contributed by atoms with Gasteiger partial charge in [0.25, 0.3) is 0 Å². The Hall–Kier alpha value is -0.180. The van der Waals surface area contributed by atoms with Gasteiger partial charge < -0.3 is 5.11 Å². The molecule has 0 unspecified atom stereocenters. The first-order valence-corrected chi connectivity index (χ1v) is 4.17. The van der Waals surface area contributed by atoms with E-state index in [0.29, 0.717) is 5.25 Å². The molecule has 52 valence electrons. The summed E-state index contributed by atoms with van der Waals surface area (Å²) in [5, 5.41) is 8.91. The molecular formula is C6H10O2S. The fraction of sp³-hybridized carbons (Fsp3) is 0.833. The molecule has 0 aliphatic heterocycles. The average molecular weight is 146 g/mol. The highest BCUT2D eigenvalue weighted by Crippen LogP contribution is 2.30. The first kappa shape index (κ1) is 6.93. The summed E-state index contributed by atoms with van der Waals surface area (Å²) < 4.78 is 0. The molecule has 0 aromatic rings. The molecule has 1 N–H and O–H groups in total. The molecule has 1 saturated carbocycles. The predicted molar refractivity (Wildman–Crippen MR) is 37.7 cm³/mol. The van der Waals surface area contributed by atoms with Crippen molar-refractivity contribution in [3.05, 3.63) is 0 Å². The third kappa shape index (κ3) is 2.26. The van der Waals surface area contributed by atoms with Crippen LogP contribution in [0.4, 0.5) is 0 Å². The zero-order valence-electron chi connectivity index (χ0n) is 5.17. The van der Waals surface area contributed by atoms with Crippen molar-refractivity contribution in [2.75, 3.05) is 5.75 Å². The molecule has 0 spiro atoms. The molecule has 9 heavy (non-hydrogen) atoms. The summed E-state index contributed by atoms with van der Waals surface area (Å²) in [6.45, 7) is 0. The number of carbonyl (C=O) groups is 1. The van der Waals surface area contributed by atoms with Crippen LogP contribution in [0.15, 0.2) is 0 Å². The van der Waals surface area contributed by atoms with Gasteiger partial charge in [-0.1, -0.05) is 6.42 Å². The van der Waals surface area contributed by atoms with Gasteiger partial charge in [-0.15, -0.1) is 11.8 Å². The van der Waals surface area contributed by atoms with Gasteiger partial charge in [0.1, 0.15) is 0 Å². The van der Waals surface area contributed by atoms with E-state index >= 15 is 0 Å². The minimum atomic E-state index is -0.688. The Morgan fingerprint density at radius 2 is 2.33 bits per heavy atom. The largest absolute Gasteiger partial charge is 0.481 e. The van der Waals surface area contributed by atoms with Crippen LogP contribution in [0.5, 0.6) is 0 Å². The van der Waals surface area contributed by atoms with E-state index in [4.69, 9.17) is 5.11 Å². The van der Waals surface area contributed by atoms with Gasteiger partial charge in [-0.25, -0.2) is 0 Å². The Bertz CT molecular complexity index is 110. The molecule has 0 radical (unpaired) electrons. The maximum Gasteiger partial charge on any atom is 0.313 e. The maximum absolute atomic E-state index is 10.0. The fourth-order valence-electron chi connectivity index (χ4n) is 0.727. The van der Waals surface area contributed by atoms with Crippen molar-refractivity contribution in [2.45, 2.75) is 24.5 Å². The molecule has 1 rings (SSSR count). The minimum absolute atomic E-state index is 0.282. The van der Waals surface area contributed by atoms with Crippen LogP contribution in [0.1, 0.15) is 19.3 Å². The molecule has 0 aromatic heterocycles. The van der Waals surface area contributed by atoms with Crippen LogP contribution in [-0.4, -0.2) is 22.1 Å². The molecule has 3 heteroatoms. The summed E-state index contributed by atoms with van der Waals surface area (Å²) in [5.41, 5.74) is 0. The highest BCUT2D eigenvalue weighted by Gasteiger charge is 2.18. The van der Waals surface area contributed by atoms with Crippen molar-refractivity contribution in [2.24, 2.45) is 0 Å². The van der Waals surface area contributed by atoms with E-state index in [-0.39, 0.29) is 5.75 Å². The van der Waals surface area contributed by atoms with Crippen molar-refractivity contribution >= 4 is 17.7 Å². The van der Waals surface area contributed by atoms with E-state index in [0.717, 1.165) is 0 Å². The second-order valence-electron chi connectivity index (χ2n) is 2.26. The second kappa shape index (κ2) is 3.11. The number of carboxylic acids is 1. The van der Waals surface area contributed by atoms with Gasteiger partial charge in [0.15, 0.2) is 0 Å². The summed E-state index contributed by atoms with van der Waals surface area (Å²) in [4.78, 5) is 10.0. The fourth-order valence-corrected chi connectivity index (χ4v) is 1.77. The predicted octanol–water partition coefficient (Wildman–Crippen LogP) is 1.36. The van der Waals surface area contributed by atoms with E-state index in [1.165, 1.54) is 19.3 Å². The molecule has 0 heterocycles. The van der Waals surface area contributed by atoms with Gasteiger partial charge in [0.2, 0.25) is 0 Å². The summed E-state index contributed by atoms with van der Waals surface area (Å²) in [6, 6.07) is 0. The van der Waals surface area contributed by atoms with E-state index in [1.54, 1.807) is 11.8 Å². The second-order valence-corrected chi connectivity index (χ2v) is 3.55. The standard InChI is InChI=1S/C6H10O2S/c7-6(8)4-9-5-2-1-3-5/h5H,1-4H2,(H,7,8). The lowest BCUT2D eigenvalue weighted by Crippen LogP contribution is -2.15. The van der Waals surface area contributed by atoms with Crippen LogP contribution in [0.3, 0.4) is 0 Å². The van der Waals surface area contributed by atoms with Crippen LogP contribution < -0.4 is 0 Å². The Morgan fingerprint density at radius 3 is 2.67 bits per heavy atom. The summed E-state index contributed by atoms with van der Waals surface area (Å²) in [7, 11) is 0. The van der Waals surface area contributed by atoms with Gasteiger partial charge in [0.05, 0.1) is 5.75 Å². The zero-order valence-corrected chi connectivity index (χ0v) is 5.99. The number of aliphatic carboxylic acids is 1. The van der Waals surface area contributed by atoms with Crippen LogP contribution >= 0.6 is 11.8 Å². The maximum atomic E-state index is 10.0. The van der Waals surface area contributed by atoms with E-state index in [2.05, 4.69) is 0 Å². The molecule has 0 atom stereocenters.